The largest absolute Gasteiger partial charge is 0.389 e. The summed E-state index contributed by atoms with van der Waals surface area (Å²) < 4.78 is 0. The zero-order chi connectivity index (χ0) is 10.4. The van der Waals surface area contributed by atoms with Crippen LogP contribution in [0.2, 0.25) is 0 Å². The van der Waals surface area contributed by atoms with Crippen LogP contribution >= 0.6 is 0 Å². The zero-order valence-corrected chi connectivity index (χ0v) is 8.90. The smallest absolute Gasteiger partial charge is 0.0766 e. The van der Waals surface area contributed by atoms with Crippen molar-refractivity contribution in [1.82, 2.24) is 0 Å². The predicted octanol–water partition coefficient (Wildman–Crippen LogP) is 2.53. The molecule has 1 heteroatoms. The summed E-state index contributed by atoms with van der Waals surface area (Å²) >= 11 is 0. The fourth-order valence-corrected chi connectivity index (χ4v) is 1.76. The van der Waals surface area contributed by atoms with E-state index in [9.17, 15) is 5.11 Å². The molecule has 0 radical (unpaired) electrons. The summed E-state index contributed by atoms with van der Waals surface area (Å²) in [5.41, 5.74) is 0. The van der Waals surface area contributed by atoms with Crippen LogP contribution in [0.1, 0.15) is 26.7 Å². The molecule has 0 heterocycles. The average molecular weight is 190 g/mol. The Morgan fingerprint density at radius 2 is 2.43 bits per heavy atom. The van der Waals surface area contributed by atoms with Crippen LogP contribution in [0.4, 0.5) is 0 Å². The molecule has 1 nitrogen and oxygen atoms in total. The van der Waals surface area contributed by atoms with Crippen LogP contribution in [0, 0.1) is 23.7 Å². The predicted molar refractivity (Wildman–Crippen MR) is 59.6 cm³/mol. The van der Waals surface area contributed by atoms with Gasteiger partial charge in [0.25, 0.3) is 0 Å². The van der Waals surface area contributed by atoms with Gasteiger partial charge < -0.3 is 5.11 Å². The van der Waals surface area contributed by atoms with Crippen LogP contribution in [0.25, 0.3) is 0 Å². The molecule has 0 amide bonds. The van der Waals surface area contributed by atoms with Gasteiger partial charge >= 0.3 is 0 Å². The number of aliphatic hydroxyl groups is 1. The van der Waals surface area contributed by atoms with Crippen molar-refractivity contribution in [3.63, 3.8) is 0 Å². The summed E-state index contributed by atoms with van der Waals surface area (Å²) in [5, 5.41) is 9.88. The van der Waals surface area contributed by atoms with Gasteiger partial charge in [-0.3, -0.25) is 0 Å². The Morgan fingerprint density at radius 1 is 1.64 bits per heavy atom. The lowest BCUT2D eigenvalue weighted by atomic mass is 9.90. The highest BCUT2D eigenvalue weighted by atomic mass is 16.3. The molecule has 0 aromatic heterocycles. The lowest BCUT2D eigenvalue weighted by Crippen LogP contribution is -2.21. The second-order valence-electron chi connectivity index (χ2n) is 3.57. The van der Waals surface area contributed by atoms with Gasteiger partial charge in [-0.15, -0.1) is 5.92 Å². The Bertz CT molecular complexity index is 277. The van der Waals surface area contributed by atoms with Crippen LogP contribution in [-0.2, 0) is 0 Å². The summed E-state index contributed by atoms with van der Waals surface area (Å²) in [7, 11) is 0. The van der Waals surface area contributed by atoms with Gasteiger partial charge in [-0.1, -0.05) is 37.1 Å². The zero-order valence-electron chi connectivity index (χ0n) is 8.90. The van der Waals surface area contributed by atoms with Crippen LogP contribution in [0.15, 0.2) is 24.3 Å². The van der Waals surface area contributed by atoms with E-state index in [1.807, 2.05) is 19.1 Å². The van der Waals surface area contributed by atoms with E-state index in [1.54, 1.807) is 0 Å². The third-order valence-corrected chi connectivity index (χ3v) is 2.53. The summed E-state index contributed by atoms with van der Waals surface area (Å²) in [6.07, 6.45) is 9.68. The minimum Gasteiger partial charge on any atom is -0.389 e. The Labute approximate surface area is 86.5 Å². The number of rotatable bonds is 3. The van der Waals surface area contributed by atoms with Gasteiger partial charge in [0.1, 0.15) is 0 Å². The van der Waals surface area contributed by atoms with Gasteiger partial charge in [-0.25, -0.2) is 0 Å². The van der Waals surface area contributed by atoms with Crippen molar-refractivity contribution in [2.45, 2.75) is 32.8 Å². The Balaban J connectivity index is 2.58. The van der Waals surface area contributed by atoms with E-state index < -0.39 is 0 Å². The lowest BCUT2D eigenvalue weighted by molar-refractivity contribution is 0.146. The minimum atomic E-state index is -0.351. The van der Waals surface area contributed by atoms with Gasteiger partial charge in [-0.05, 0) is 19.8 Å². The van der Waals surface area contributed by atoms with Gasteiger partial charge in [-0.2, -0.15) is 0 Å². The Morgan fingerprint density at radius 3 is 3.07 bits per heavy atom. The summed E-state index contributed by atoms with van der Waals surface area (Å²) in [6, 6.07) is 0. The molecule has 0 saturated heterocycles. The van der Waals surface area contributed by atoms with E-state index in [1.165, 1.54) is 0 Å². The molecule has 1 rings (SSSR count). The molecular weight excluding hydrogens is 172 g/mol. The lowest BCUT2D eigenvalue weighted by Gasteiger charge is -2.18. The number of hydrogen-bond donors (Lipinski definition) is 1. The average Bonchev–Trinajstić information content (AvgIpc) is 2.63. The molecule has 0 unspecified atom stereocenters. The molecule has 0 aromatic rings. The maximum absolute atomic E-state index is 9.88. The topological polar surface area (TPSA) is 20.2 Å². The van der Waals surface area contributed by atoms with Gasteiger partial charge in [0.15, 0.2) is 0 Å². The minimum absolute atomic E-state index is 0.233. The van der Waals surface area contributed by atoms with Crippen molar-refractivity contribution in [2.75, 3.05) is 0 Å². The van der Waals surface area contributed by atoms with Crippen molar-refractivity contribution in [3.05, 3.63) is 24.3 Å². The summed E-state index contributed by atoms with van der Waals surface area (Å²) in [4.78, 5) is 0. The van der Waals surface area contributed by atoms with Gasteiger partial charge in [0.2, 0.25) is 0 Å². The second kappa shape index (κ2) is 5.67. The monoisotopic (exact) mass is 190 g/mol. The first-order valence-corrected chi connectivity index (χ1v) is 5.23. The fraction of sp³-hybridized carbons (Fsp3) is 0.538. The first-order chi connectivity index (χ1) is 6.79. The Kier molecular flexibility index (Phi) is 4.49. The van der Waals surface area contributed by atoms with Crippen LogP contribution in [0.3, 0.4) is 0 Å². The number of aliphatic hydroxyl groups excluding tert-OH is 1. The summed E-state index contributed by atoms with van der Waals surface area (Å²) in [5.74, 6) is 6.52. The molecule has 0 saturated carbocycles. The fourth-order valence-electron chi connectivity index (χ4n) is 1.76. The highest BCUT2D eigenvalue weighted by molar-refractivity contribution is 5.18. The summed E-state index contributed by atoms with van der Waals surface area (Å²) in [6.45, 7) is 3.91. The van der Waals surface area contributed by atoms with Crippen molar-refractivity contribution in [3.8, 4) is 11.8 Å². The first kappa shape index (κ1) is 11.1. The maximum Gasteiger partial charge on any atom is 0.0766 e. The van der Waals surface area contributed by atoms with E-state index in [0.29, 0.717) is 0 Å². The molecule has 14 heavy (non-hydrogen) atoms. The van der Waals surface area contributed by atoms with Crippen molar-refractivity contribution < 1.29 is 5.11 Å². The molecule has 1 aliphatic rings. The van der Waals surface area contributed by atoms with Crippen LogP contribution in [0.5, 0.6) is 0 Å². The normalized spacial score (nSPS) is 27.6. The van der Waals surface area contributed by atoms with Gasteiger partial charge in [0, 0.05) is 11.8 Å². The molecular formula is C13H18O. The van der Waals surface area contributed by atoms with E-state index in [4.69, 9.17) is 0 Å². The third kappa shape index (κ3) is 2.75. The van der Waals surface area contributed by atoms with Crippen molar-refractivity contribution in [2.24, 2.45) is 11.8 Å². The number of hydrogen-bond acceptors (Lipinski definition) is 1. The van der Waals surface area contributed by atoms with E-state index in [0.717, 1.165) is 12.8 Å². The molecule has 0 bridgehead atoms. The molecule has 0 aromatic carbocycles. The standard InChI is InChI=1S/C13H18O/c1-3-5-10-13(14)12-9-6-8-11(12)7-4-2/h5-6,8,10-14H,3,9H2,1-2H3/b10-5-/t11-,12-,13+/m1/s1. The Hall–Kier alpha value is -1.00. The van der Waals surface area contributed by atoms with E-state index in [2.05, 4.69) is 30.9 Å². The SMILES string of the molecule is CC#C[C@@H]1C=CC[C@H]1[C@@H](O)/C=C\CC. The van der Waals surface area contributed by atoms with Crippen molar-refractivity contribution >= 4 is 0 Å². The first-order valence-electron chi connectivity index (χ1n) is 5.23. The molecule has 0 fully saturated rings. The second-order valence-corrected chi connectivity index (χ2v) is 3.57. The molecule has 76 valence electrons. The molecule has 0 aliphatic heterocycles. The van der Waals surface area contributed by atoms with Gasteiger partial charge in [0.05, 0.1) is 6.10 Å². The maximum atomic E-state index is 9.88. The van der Waals surface area contributed by atoms with E-state index >= 15 is 0 Å². The quantitative estimate of drug-likeness (QED) is 0.535. The van der Waals surface area contributed by atoms with Crippen molar-refractivity contribution in [1.29, 1.82) is 0 Å². The van der Waals surface area contributed by atoms with E-state index in [-0.39, 0.29) is 17.9 Å². The highest BCUT2D eigenvalue weighted by Crippen LogP contribution is 2.28. The van der Waals surface area contributed by atoms with Crippen LogP contribution < -0.4 is 0 Å². The highest BCUT2D eigenvalue weighted by Gasteiger charge is 2.26. The molecule has 0 spiro atoms. The van der Waals surface area contributed by atoms with Crippen LogP contribution in [-0.4, -0.2) is 11.2 Å². The molecule has 3 atom stereocenters. The molecule has 1 aliphatic carbocycles. The number of allylic oxidation sites excluding steroid dienone is 3. The molecule has 1 N–H and O–H groups in total. The third-order valence-electron chi connectivity index (χ3n) is 2.53.